The zero-order valence-corrected chi connectivity index (χ0v) is 13.6. The van der Waals surface area contributed by atoms with E-state index in [0.717, 1.165) is 6.42 Å². The van der Waals surface area contributed by atoms with Gasteiger partial charge in [0.15, 0.2) is 0 Å². The van der Waals surface area contributed by atoms with E-state index in [9.17, 15) is 8.42 Å². The first-order chi connectivity index (χ1) is 8.89. The summed E-state index contributed by atoms with van der Waals surface area (Å²) >= 11 is 5.67. The van der Waals surface area contributed by atoms with Gasteiger partial charge in [0.05, 0.1) is 11.4 Å². The maximum atomic E-state index is 12.6. The predicted octanol–water partition coefficient (Wildman–Crippen LogP) is 2.16. The van der Waals surface area contributed by atoms with Gasteiger partial charge < -0.3 is 0 Å². The number of rotatable bonds is 7. The number of aryl methyl sites for hydroxylation is 2. The van der Waals surface area contributed by atoms with Gasteiger partial charge in [-0.3, -0.25) is 4.68 Å². The Morgan fingerprint density at radius 1 is 1.26 bits per heavy atom. The van der Waals surface area contributed by atoms with Gasteiger partial charge in [-0.1, -0.05) is 13.8 Å². The number of nitrogens with zero attached hydrogens (tertiary/aromatic N) is 3. The monoisotopic (exact) mass is 307 g/mol. The highest BCUT2D eigenvalue weighted by Gasteiger charge is 2.28. The first-order valence-electron chi connectivity index (χ1n) is 6.50. The first-order valence-corrected chi connectivity index (χ1v) is 8.47. The molecule has 1 aromatic heterocycles. The van der Waals surface area contributed by atoms with E-state index in [1.165, 1.54) is 4.31 Å². The van der Waals surface area contributed by atoms with Gasteiger partial charge in [-0.25, -0.2) is 8.42 Å². The summed E-state index contributed by atoms with van der Waals surface area (Å²) in [5.41, 5.74) is 1.24. The van der Waals surface area contributed by atoms with Crippen molar-refractivity contribution in [3.05, 3.63) is 11.4 Å². The standard InChI is InChI=1S/C12H22ClN3O2S/c1-5-15(6-2)19(17,18)12-10(3)14-16(11(12)4)9-7-8-13/h5-9H2,1-4H3. The maximum absolute atomic E-state index is 12.6. The third-order valence-electron chi connectivity index (χ3n) is 3.12. The summed E-state index contributed by atoms with van der Waals surface area (Å²) in [5, 5.41) is 4.32. The Morgan fingerprint density at radius 2 is 1.84 bits per heavy atom. The van der Waals surface area contributed by atoms with Gasteiger partial charge >= 0.3 is 0 Å². The summed E-state index contributed by atoms with van der Waals surface area (Å²) < 4.78 is 28.3. The van der Waals surface area contributed by atoms with Gasteiger partial charge in [-0.15, -0.1) is 11.6 Å². The molecule has 19 heavy (non-hydrogen) atoms. The zero-order chi connectivity index (χ0) is 14.6. The second-order valence-corrected chi connectivity index (χ2v) is 6.61. The highest BCUT2D eigenvalue weighted by molar-refractivity contribution is 7.89. The zero-order valence-electron chi connectivity index (χ0n) is 12.0. The van der Waals surface area contributed by atoms with Crippen LogP contribution in [0.3, 0.4) is 0 Å². The number of alkyl halides is 1. The van der Waals surface area contributed by atoms with Gasteiger partial charge in [-0.05, 0) is 20.3 Å². The lowest BCUT2D eigenvalue weighted by atomic mass is 10.4. The van der Waals surface area contributed by atoms with Crippen molar-refractivity contribution in [2.45, 2.75) is 45.6 Å². The number of halogens is 1. The van der Waals surface area contributed by atoms with E-state index in [0.29, 0.717) is 41.8 Å². The molecule has 110 valence electrons. The van der Waals surface area contributed by atoms with Gasteiger partial charge in [0.2, 0.25) is 10.0 Å². The van der Waals surface area contributed by atoms with Crippen molar-refractivity contribution >= 4 is 21.6 Å². The van der Waals surface area contributed by atoms with Crippen molar-refractivity contribution in [2.75, 3.05) is 19.0 Å². The normalized spacial score (nSPS) is 12.3. The molecule has 0 aliphatic rings. The molecule has 0 saturated heterocycles. The van der Waals surface area contributed by atoms with Crippen LogP contribution >= 0.6 is 11.6 Å². The minimum atomic E-state index is -3.45. The van der Waals surface area contributed by atoms with Crippen LogP contribution in [-0.4, -0.2) is 41.5 Å². The molecule has 1 aromatic rings. The first kappa shape index (κ1) is 16.5. The van der Waals surface area contributed by atoms with Crippen LogP contribution in [0.15, 0.2) is 4.90 Å². The smallest absolute Gasteiger partial charge is 0.246 e. The Kier molecular flexibility index (Phi) is 5.82. The molecule has 0 spiro atoms. The Labute approximate surface area is 120 Å². The fraction of sp³-hybridized carbons (Fsp3) is 0.750. The fourth-order valence-electron chi connectivity index (χ4n) is 2.17. The van der Waals surface area contributed by atoms with Crippen molar-refractivity contribution in [3.63, 3.8) is 0 Å². The van der Waals surface area contributed by atoms with Crippen molar-refractivity contribution in [1.29, 1.82) is 0 Å². The van der Waals surface area contributed by atoms with Crippen molar-refractivity contribution < 1.29 is 8.42 Å². The number of hydrogen-bond donors (Lipinski definition) is 0. The molecular weight excluding hydrogens is 286 g/mol. The molecule has 0 radical (unpaired) electrons. The van der Waals surface area contributed by atoms with Gasteiger partial charge in [0.25, 0.3) is 0 Å². The third-order valence-corrected chi connectivity index (χ3v) is 5.69. The maximum Gasteiger partial charge on any atom is 0.246 e. The second kappa shape index (κ2) is 6.72. The van der Waals surface area contributed by atoms with Gasteiger partial charge in [0, 0.05) is 25.5 Å². The molecule has 1 heterocycles. The van der Waals surface area contributed by atoms with Crippen LogP contribution in [0.5, 0.6) is 0 Å². The highest BCUT2D eigenvalue weighted by Crippen LogP contribution is 2.23. The van der Waals surface area contributed by atoms with E-state index < -0.39 is 10.0 Å². The average molecular weight is 308 g/mol. The molecule has 0 bridgehead atoms. The molecule has 0 aliphatic carbocycles. The molecule has 0 aromatic carbocycles. The highest BCUT2D eigenvalue weighted by atomic mass is 35.5. The summed E-state index contributed by atoms with van der Waals surface area (Å²) in [6.07, 6.45) is 0.772. The molecule has 0 unspecified atom stereocenters. The van der Waals surface area contributed by atoms with Crippen molar-refractivity contribution in [3.8, 4) is 0 Å². The molecule has 0 aliphatic heterocycles. The van der Waals surface area contributed by atoms with Gasteiger partial charge in [-0.2, -0.15) is 9.40 Å². The topological polar surface area (TPSA) is 55.2 Å². The molecule has 7 heteroatoms. The van der Waals surface area contributed by atoms with E-state index >= 15 is 0 Å². The summed E-state index contributed by atoms with van der Waals surface area (Å²) in [6.45, 7) is 8.78. The van der Waals surface area contributed by atoms with Crippen LogP contribution in [0.4, 0.5) is 0 Å². The number of hydrogen-bond acceptors (Lipinski definition) is 3. The van der Waals surface area contributed by atoms with E-state index in [4.69, 9.17) is 11.6 Å². The van der Waals surface area contributed by atoms with Crippen LogP contribution in [0, 0.1) is 13.8 Å². The minimum Gasteiger partial charge on any atom is -0.268 e. The Balaban J connectivity index is 3.24. The van der Waals surface area contributed by atoms with Gasteiger partial charge in [0.1, 0.15) is 4.90 Å². The third kappa shape index (κ3) is 3.30. The lowest BCUT2D eigenvalue weighted by Crippen LogP contribution is -2.31. The number of sulfonamides is 1. The molecule has 0 atom stereocenters. The summed E-state index contributed by atoms with van der Waals surface area (Å²) in [4.78, 5) is 0.339. The average Bonchev–Trinajstić information content (AvgIpc) is 2.63. The predicted molar refractivity (Wildman–Crippen MR) is 77.1 cm³/mol. The summed E-state index contributed by atoms with van der Waals surface area (Å²) in [5.74, 6) is 0.538. The van der Waals surface area contributed by atoms with Crippen LogP contribution < -0.4 is 0 Å². The van der Waals surface area contributed by atoms with Crippen LogP contribution in [-0.2, 0) is 16.6 Å². The Hall–Kier alpha value is -0.590. The molecule has 1 rings (SSSR count). The molecule has 0 amide bonds. The van der Waals surface area contributed by atoms with Crippen molar-refractivity contribution in [2.24, 2.45) is 0 Å². The molecule has 0 saturated carbocycles. The fourth-order valence-corrected chi connectivity index (χ4v) is 4.12. The molecule has 0 N–H and O–H groups in total. The Bertz CT molecular complexity index is 521. The second-order valence-electron chi connectivity index (χ2n) is 4.35. The van der Waals surface area contributed by atoms with E-state index in [-0.39, 0.29) is 0 Å². The number of aromatic nitrogens is 2. The SMILES string of the molecule is CCN(CC)S(=O)(=O)c1c(C)nn(CCCCl)c1C. The van der Waals surface area contributed by atoms with Crippen molar-refractivity contribution in [1.82, 2.24) is 14.1 Å². The lowest BCUT2D eigenvalue weighted by molar-refractivity contribution is 0.444. The van der Waals surface area contributed by atoms with Crippen LogP contribution in [0.25, 0.3) is 0 Å². The summed E-state index contributed by atoms with van der Waals surface area (Å²) in [7, 11) is -3.45. The van der Waals surface area contributed by atoms with Crippen LogP contribution in [0.1, 0.15) is 31.7 Å². The molecular formula is C12H22ClN3O2S. The summed E-state index contributed by atoms with van der Waals surface area (Å²) in [6, 6.07) is 0. The van der Waals surface area contributed by atoms with E-state index in [2.05, 4.69) is 5.10 Å². The minimum absolute atomic E-state index is 0.339. The lowest BCUT2D eigenvalue weighted by Gasteiger charge is -2.18. The quantitative estimate of drug-likeness (QED) is 0.725. The molecule has 5 nitrogen and oxygen atoms in total. The van der Waals surface area contributed by atoms with E-state index in [1.54, 1.807) is 18.5 Å². The largest absolute Gasteiger partial charge is 0.268 e. The van der Waals surface area contributed by atoms with Crippen LogP contribution in [0.2, 0.25) is 0 Å². The molecule has 0 fully saturated rings. The Morgan fingerprint density at radius 3 is 2.32 bits per heavy atom. The van der Waals surface area contributed by atoms with E-state index in [1.807, 2.05) is 13.8 Å².